The molecule has 0 aromatic carbocycles. The predicted octanol–water partition coefficient (Wildman–Crippen LogP) is 2.88. The topological polar surface area (TPSA) is 58.3 Å². The third kappa shape index (κ3) is 2.62. The molecule has 1 atom stereocenters. The summed E-state index contributed by atoms with van der Waals surface area (Å²) < 4.78 is 0. The van der Waals surface area contributed by atoms with Gasteiger partial charge >= 0.3 is 0 Å². The summed E-state index contributed by atoms with van der Waals surface area (Å²) in [6.07, 6.45) is 13.1. The van der Waals surface area contributed by atoms with E-state index in [1.165, 1.54) is 88.0 Å². The Morgan fingerprint density at radius 2 is 1.76 bits per heavy atom. The average Bonchev–Trinajstić information content (AvgIpc) is 3.11. The summed E-state index contributed by atoms with van der Waals surface area (Å²) in [4.78, 5) is 14.8. The van der Waals surface area contributed by atoms with Crippen LogP contribution in [0.3, 0.4) is 0 Å². The maximum atomic E-state index is 6.21. The molecule has 2 N–H and O–H groups in total. The van der Waals surface area contributed by atoms with Gasteiger partial charge in [0.15, 0.2) is 0 Å². The second kappa shape index (κ2) is 6.11. The molecule has 136 valence electrons. The van der Waals surface area contributed by atoms with Gasteiger partial charge in [-0.3, -0.25) is 4.90 Å². The molecule has 2 saturated heterocycles. The maximum absolute atomic E-state index is 6.21. The van der Waals surface area contributed by atoms with Crippen molar-refractivity contribution in [3.05, 3.63) is 11.3 Å². The smallest absolute Gasteiger partial charge is 0.222 e. The number of nitrogens with zero attached hydrogens (tertiary/aromatic N) is 4. The van der Waals surface area contributed by atoms with Gasteiger partial charge in [0.25, 0.3) is 0 Å². The van der Waals surface area contributed by atoms with Crippen molar-refractivity contribution in [1.29, 1.82) is 0 Å². The summed E-state index contributed by atoms with van der Waals surface area (Å²) in [5.74, 6) is 1.67. The largest absolute Gasteiger partial charge is 0.368 e. The summed E-state index contributed by atoms with van der Waals surface area (Å²) >= 11 is 0. The summed E-state index contributed by atoms with van der Waals surface area (Å²) in [6, 6.07) is 0.707. The van der Waals surface area contributed by atoms with Crippen molar-refractivity contribution in [2.75, 3.05) is 36.8 Å². The molecule has 2 aliphatic heterocycles. The van der Waals surface area contributed by atoms with Crippen LogP contribution in [-0.2, 0) is 11.8 Å². The fourth-order valence-corrected chi connectivity index (χ4v) is 6.03. The Balaban J connectivity index is 1.51. The second-order valence-electron chi connectivity index (χ2n) is 8.71. The van der Waals surface area contributed by atoms with Gasteiger partial charge in [-0.2, -0.15) is 4.98 Å². The summed E-state index contributed by atoms with van der Waals surface area (Å²) in [5.41, 5.74) is 9.28. The Morgan fingerprint density at radius 3 is 2.64 bits per heavy atom. The van der Waals surface area contributed by atoms with Gasteiger partial charge in [0.1, 0.15) is 5.82 Å². The highest BCUT2D eigenvalue weighted by Crippen LogP contribution is 2.49. The molecule has 4 aliphatic rings. The SMILES string of the molecule is Nc1nc(N2CCN3CCCCC3C2)c2c(n1)C1(CCCC1)CCC2. The molecule has 1 spiro atoms. The summed E-state index contributed by atoms with van der Waals surface area (Å²) in [6.45, 7) is 4.67. The van der Waals surface area contributed by atoms with E-state index in [-0.39, 0.29) is 0 Å². The molecule has 1 saturated carbocycles. The number of hydrogen-bond donors (Lipinski definition) is 1. The fourth-order valence-electron chi connectivity index (χ4n) is 6.03. The Morgan fingerprint density at radius 1 is 0.920 bits per heavy atom. The normalized spacial score (nSPS) is 28.8. The van der Waals surface area contributed by atoms with E-state index in [2.05, 4.69) is 9.80 Å². The minimum atomic E-state index is 0.312. The molecule has 5 nitrogen and oxygen atoms in total. The Labute approximate surface area is 151 Å². The lowest BCUT2D eigenvalue weighted by Gasteiger charge is -2.45. The first kappa shape index (κ1) is 15.9. The number of hydrogen-bond acceptors (Lipinski definition) is 5. The summed E-state index contributed by atoms with van der Waals surface area (Å²) in [7, 11) is 0. The van der Waals surface area contributed by atoms with E-state index in [1.54, 1.807) is 0 Å². The Bertz CT molecular complexity index is 652. The molecule has 2 aliphatic carbocycles. The number of piperazine rings is 1. The zero-order valence-corrected chi connectivity index (χ0v) is 15.3. The lowest BCUT2D eigenvalue weighted by molar-refractivity contribution is 0.133. The van der Waals surface area contributed by atoms with Gasteiger partial charge in [-0.15, -0.1) is 0 Å². The van der Waals surface area contributed by atoms with E-state index in [9.17, 15) is 0 Å². The van der Waals surface area contributed by atoms with Crippen LogP contribution < -0.4 is 10.6 Å². The van der Waals surface area contributed by atoms with Crippen LogP contribution in [-0.4, -0.2) is 47.1 Å². The number of nitrogens with two attached hydrogens (primary N) is 1. The van der Waals surface area contributed by atoms with E-state index in [0.29, 0.717) is 17.4 Å². The molecule has 5 rings (SSSR count). The molecule has 3 fully saturated rings. The molecular weight excluding hydrogens is 310 g/mol. The fraction of sp³-hybridized carbons (Fsp3) is 0.800. The molecule has 1 aromatic rings. The van der Waals surface area contributed by atoms with E-state index in [4.69, 9.17) is 15.7 Å². The van der Waals surface area contributed by atoms with Gasteiger partial charge in [-0.05, 0) is 51.5 Å². The van der Waals surface area contributed by atoms with Crippen LogP contribution in [0.15, 0.2) is 0 Å². The van der Waals surface area contributed by atoms with Crippen molar-refractivity contribution < 1.29 is 0 Å². The molecule has 0 radical (unpaired) electrons. The first-order valence-electron chi connectivity index (χ1n) is 10.4. The Kier molecular flexibility index (Phi) is 3.88. The van der Waals surface area contributed by atoms with Gasteiger partial charge in [-0.25, -0.2) is 4.98 Å². The second-order valence-corrected chi connectivity index (χ2v) is 8.71. The molecular formula is C20H31N5. The van der Waals surface area contributed by atoms with Crippen LogP contribution in [0.25, 0.3) is 0 Å². The number of fused-ring (bicyclic) bond motifs is 3. The van der Waals surface area contributed by atoms with Crippen LogP contribution in [0.2, 0.25) is 0 Å². The van der Waals surface area contributed by atoms with Crippen LogP contribution in [0.1, 0.15) is 69.0 Å². The highest BCUT2D eigenvalue weighted by atomic mass is 15.3. The molecule has 1 unspecified atom stereocenters. The predicted molar refractivity (Wildman–Crippen MR) is 101 cm³/mol. The van der Waals surface area contributed by atoms with Crippen LogP contribution >= 0.6 is 0 Å². The molecule has 0 amide bonds. The lowest BCUT2D eigenvalue weighted by Crippen LogP contribution is -2.55. The van der Waals surface area contributed by atoms with Crippen molar-refractivity contribution in [2.45, 2.75) is 75.7 Å². The summed E-state index contributed by atoms with van der Waals surface area (Å²) in [5, 5.41) is 0. The number of rotatable bonds is 1. The standard InChI is InChI=1S/C20H31N5/c21-19-22-17-16(7-5-10-20(17)8-2-3-9-20)18(23-19)25-13-12-24-11-4-1-6-15(24)14-25/h15H,1-14H2,(H2,21,22,23). The van der Waals surface area contributed by atoms with Gasteiger partial charge in [0.2, 0.25) is 5.95 Å². The third-order valence-corrected chi connectivity index (χ3v) is 7.28. The molecule has 3 heterocycles. The minimum Gasteiger partial charge on any atom is -0.368 e. The zero-order valence-electron chi connectivity index (χ0n) is 15.3. The minimum absolute atomic E-state index is 0.312. The van der Waals surface area contributed by atoms with Crippen molar-refractivity contribution in [1.82, 2.24) is 14.9 Å². The lowest BCUT2D eigenvalue weighted by atomic mass is 9.71. The molecule has 25 heavy (non-hydrogen) atoms. The van der Waals surface area contributed by atoms with E-state index in [0.717, 1.165) is 19.5 Å². The number of nitrogen functional groups attached to an aromatic ring is 1. The van der Waals surface area contributed by atoms with Crippen LogP contribution in [0, 0.1) is 0 Å². The highest BCUT2D eigenvalue weighted by molar-refractivity contribution is 5.55. The number of piperidine rings is 1. The van der Waals surface area contributed by atoms with Gasteiger partial charge < -0.3 is 10.6 Å². The van der Waals surface area contributed by atoms with Crippen molar-refractivity contribution in [2.24, 2.45) is 0 Å². The van der Waals surface area contributed by atoms with Crippen LogP contribution in [0.5, 0.6) is 0 Å². The first-order chi connectivity index (χ1) is 12.3. The quantitative estimate of drug-likeness (QED) is 0.851. The Hall–Kier alpha value is -1.36. The number of aromatic nitrogens is 2. The maximum Gasteiger partial charge on any atom is 0.222 e. The van der Waals surface area contributed by atoms with Crippen molar-refractivity contribution >= 4 is 11.8 Å². The van der Waals surface area contributed by atoms with Gasteiger partial charge in [0, 0.05) is 36.7 Å². The van der Waals surface area contributed by atoms with E-state index in [1.807, 2.05) is 0 Å². The molecule has 0 bridgehead atoms. The van der Waals surface area contributed by atoms with Crippen molar-refractivity contribution in [3.63, 3.8) is 0 Å². The van der Waals surface area contributed by atoms with E-state index < -0.39 is 0 Å². The average molecular weight is 342 g/mol. The number of anilines is 2. The first-order valence-corrected chi connectivity index (χ1v) is 10.4. The third-order valence-electron chi connectivity index (χ3n) is 7.28. The van der Waals surface area contributed by atoms with Gasteiger partial charge in [-0.1, -0.05) is 19.3 Å². The van der Waals surface area contributed by atoms with E-state index >= 15 is 0 Å². The zero-order chi connectivity index (χ0) is 16.9. The van der Waals surface area contributed by atoms with Gasteiger partial charge in [0.05, 0.1) is 5.69 Å². The van der Waals surface area contributed by atoms with Crippen LogP contribution in [0.4, 0.5) is 11.8 Å². The monoisotopic (exact) mass is 341 g/mol. The van der Waals surface area contributed by atoms with Crippen molar-refractivity contribution in [3.8, 4) is 0 Å². The molecule has 1 aromatic heterocycles. The highest BCUT2D eigenvalue weighted by Gasteiger charge is 2.42. The molecule has 5 heteroatoms.